The number of aliphatic hydroxyl groups is 1. The number of ether oxygens (including phenoxy) is 1. The summed E-state index contributed by atoms with van der Waals surface area (Å²) >= 11 is 0. The van der Waals surface area contributed by atoms with E-state index >= 15 is 0 Å². The van der Waals surface area contributed by atoms with Crippen LogP contribution in [0.1, 0.15) is 43.9 Å². The number of benzene rings is 1. The molecule has 0 saturated heterocycles. The molecule has 106 valence electrons. The van der Waals surface area contributed by atoms with E-state index in [-0.39, 0.29) is 6.10 Å². The minimum Gasteiger partial charge on any atom is -0.386 e. The van der Waals surface area contributed by atoms with E-state index in [0.717, 1.165) is 25.8 Å². The second-order valence-electron chi connectivity index (χ2n) is 5.67. The molecule has 2 atom stereocenters. The molecule has 3 heteroatoms. The first kappa shape index (κ1) is 14.5. The molecular formula is C16H25NO2. The Morgan fingerprint density at radius 1 is 1.42 bits per heavy atom. The van der Waals surface area contributed by atoms with Crippen LogP contribution in [-0.4, -0.2) is 30.4 Å². The number of aryl methyl sites for hydroxylation is 1. The van der Waals surface area contributed by atoms with Crippen molar-refractivity contribution in [2.45, 2.75) is 44.8 Å². The Labute approximate surface area is 116 Å². The lowest BCUT2D eigenvalue weighted by atomic mass is 9.89. The van der Waals surface area contributed by atoms with Crippen molar-refractivity contribution in [3.8, 4) is 0 Å². The van der Waals surface area contributed by atoms with Crippen molar-refractivity contribution in [3.63, 3.8) is 0 Å². The first-order valence-electron chi connectivity index (χ1n) is 7.25. The fraction of sp³-hybridized carbons (Fsp3) is 0.625. The molecule has 1 aliphatic rings. The van der Waals surface area contributed by atoms with Gasteiger partial charge >= 0.3 is 0 Å². The van der Waals surface area contributed by atoms with E-state index in [0.29, 0.717) is 13.2 Å². The maximum Gasteiger partial charge on any atom is 0.0975 e. The summed E-state index contributed by atoms with van der Waals surface area (Å²) in [5, 5.41) is 13.4. The third kappa shape index (κ3) is 4.03. The molecule has 0 aliphatic heterocycles. The molecule has 0 heterocycles. The van der Waals surface area contributed by atoms with Gasteiger partial charge < -0.3 is 15.2 Å². The van der Waals surface area contributed by atoms with Crippen LogP contribution >= 0.6 is 0 Å². The van der Waals surface area contributed by atoms with Gasteiger partial charge in [-0.05, 0) is 43.9 Å². The van der Waals surface area contributed by atoms with Crippen LogP contribution in [0.25, 0.3) is 0 Å². The molecule has 3 nitrogen and oxygen atoms in total. The molecular weight excluding hydrogens is 238 g/mol. The van der Waals surface area contributed by atoms with Crippen LogP contribution in [0.4, 0.5) is 0 Å². The maximum absolute atomic E-state index is 10.2. The average molecular weight is 263 g/mol. The van der Waals surface area contributed by atoms with E-state index in [4.69, 9.17) is 4.74 Å². The second-order valence-corrected chi connectivity index (χ2v) is 5.67. The topological polar surface area (TPSA) is 41.5 Å². The van der Waals surface area contributed by atoms with Crippen molar-refractivity contribution in [2.75, 3.05) is 19.7 Å². The Morgan fingerprint density at radius 3 is 3.00 bits per heavy atom. The van der Waals surface area contributed by atoms with Gasteiger partial charge in [-0.25, -0.2) is 0 Å². The van der Waals surface area contributed by atoms with Crippen LogP contribution < -0.4 is 5.32 Å². The summed E-state index contributed by atoms with van der Waals surface area (Å²) in [5.74, 6) is 0. The van der Waals surface area contributed by atoms with Crippen molar-refractivity contribution in [1.29, 1.82) is 0 Å². The largest absolute Gasteiger partial charge is 0.386 e. The fourth-order valence-corrected chi connectivity index (χ4v) is 2.61. The van der Waals surface area contributed by atoms with Crippen molar-refractivity contribution >= 4 is 0 Å². The predicted molar refractivity (Wildman–Crippen MR) is 77.2 cm³/mol. The summed E-state index contributed by atoms with van der Waals surface area (Å²) in [6.07, 6.45) is 3.49. The minimum absolute atomic E-state index is 0.137. The Kier molecular flexibility index (Phi) is 4.97. The summed E-state index contributed by atoms with van der Waals surface area (Å²) in [7, 11) is 0. The lowest BCUT2D eigenvalue weighted by molar-refractivity contribution is -0.0668. The van der Waals surface area contributed by atoms with E-state index in [2.05, 4.69) is 29.6 Å². The SMILES string of the molecule is CCNCC(C)(O)COC1CCCc2ccccc21. The number of rotatable bonds is 6. The van der Waals surface area contributed by atoms with E-state index in [1.54, 1.807) is 0 Å². The molecule has 0 fully saturated rings. The summed E-state index contributed by atoms with van der Waals surface area (Å²) < 4.78 is 5.98. The van der Waals surface area contributed by atoms with Crippen molar-refractivity contribution in [1.82, 2.24) is 5.32 Å². The average Bonchev–Trinajstić information content (AvgIpc) is 2.43. The summed E-state index contributed by atoms with van der Waals surface area (Å²) in [4.78, 5) is 0. The summed E-state index contributed by atoms with van der Waals surface area (Å²) in [6, 6.07) is 8.49. The highest BCUT2D eigenvalue weighted by molar-refractivity contribution is 5.31. The van der Waals surface area contributed by atoms with Crippen molar-refractivity contribution in [3.05, 3.63) is 35.4 Å². The molecule has 2 rings (SSSR count). The smallest absolute Gasteiger partial charge is 0.0975 e. The van der Waals surface area contributed by atoms with Crippen LogP contribution in [0.3, 0.4) is 0 Å². The fourth-order valence-electron chi connectivity index (χ4n) is 2.61. The number of hydrogen-bond donors (Lipinski definition) is 2. The third-order valence-corrected chi connectivity index (χ3v) is 3.67. The first-order valence-corrected chi connectivity index (χ1v) is 7.25. The zero-order valence-electron chi connectivity index (χ0n) is 12.0. The normalized spacial score (nSPS) is 21.7. The summed E-state index contributed by atoms with van der Waals surface area (Å²) in [6.45, 7) is 5.66. The molecule has 0 aromatic heterocycles. The lowest BCUT2D eigenvalue weighted by Crippen LogP contribution is -2.42. The molecule has 0 saturated carbocycles. The second kappa shape index (κ2) is 6.51. The van der Waals surface area contributed by atoms with Gasteiger partial charge in [0, 0.05) is 6.54 Å². The van der Waals surface area contributed by atoms with E-state index < -0.39 is 5.60 Å². The standard InChI is InChI=1S/C16H25NO2/c1-3-17-11-16(2,18)12-19-15-10-6-8-13-7-4-5-9-14(13)15/h4-5,7,9,15,17-18H,3,6,8,10-12H2,1-2H3. The van der Waals surface area contributed by atoms with Crippen LogP contribution in [0.2, 0.25) is 0 Å². The quantitative estimate of drug-likeness (QED) is 0.828. The molecule has 0 radical (unpaired) electrons. The molecule has 1 aromatic rings. The molecule has 1 aliphatic carbocycles. The van der Waals surface area contributed by atoms with E-state index in [9.17, 15) is 5.11 Å². The highest BCUT2D eigenvalue weighted by atomic mass is 16.5. The Bertz CT molecular complexity index is 403. The molecule has 2 unspecified atom stereocenters. The van der Waals surface area contributed by atoms with Gasteiger partial charge in [-0.3, -0.25) is 0 Å². The molecule has 2 N–H and O–H groups in total. The zero-order chi connectivity index (χ0) is 13.7. The molecule has 1 aromatic carbocycles. The number of hydrogen-bond acceptors (Lipinski definition) is 3. The Hall–Kier alpha value is -0.900. The highest BCUT2D eigenvalue weighted by Gasteiger charge is 2.25. The molecule has 0 amide bonds. The molecule has 19 heavy (non-hydrogen) atoms. The monoisotopic (exact) mass is 263 g/mol. The maximum atomic E-state index is 10.2. The van der Waals surface area contributed by atoms with Gasteiger partial charge in [-0.2, -0.15) is 0 Å². The van der Waals surface area contributed by atoms with Gasteiger partial charge in [0.05, 0.1) is 18.3 Å². The summed E-state index contributed by atoms with van der Waals surface area (Å²) in [5.41, 5.74) is 1.89. The van der Waals surface area contributed by atoms with Crippen LogP contribution in [0.5, 0.6) is 0 Å². The lowest BCUT2D eigenvalue weighted by Gasteiger charge is -2.30. The minimum atomic E-state index is -0.803. The first-order chi connectivity index (χ1) is 9.12. The number of fused-ring (bicyclic) bond motifs is 1. The predicted octanol–water partition coefficient (Wildman–Crippen LogP) is 2.44. The van der Waals surface area contributed by atoms with Crippen LogP contribution in [0.15, 0.2) is 24.3 Å². The van der Waals surface area contributed by atoms with Crippen LogP contribution in [-0.2, 0) is 11.2 Å². The van der Waals surface area contributed by atoms with Gasteiger partial charge in [0.15, 0.2) is 0 Å². The molecule has 0 spiro atoms. The zero-order valence-corrected chi connectivity index (χ0v) is 12.0. The van der Waals surface area contributed by atoms with Crippen molar-refractivity contribution in [2.24, 2.45) is 0 Å². The van der Waals surface area contributed by atoms with E-state index in [1.807, 2.05) is 13.8 Å². The Balaban J connectivity index is 1.94. The highest BCUT2D eigenvalue weighted by Crippen LogP contribution is 2.32. The van der Waals surface area contributed by atoms with Gasteiger partial charge in [0.2, 0.25) is 0 Å². The van der Waals surface area contributed by atoms with Gasteiger partial charge in [0.25, 0.3) is 0 Å². The van der Waals surface area contributed by atoms with Crippen molar-refractivity contribution < 1.29 is 9.84 Å². The third-order valence-electron chi connectivity index (χ3n) is 3.67. The number of nitrogens with one attached hydrogen (secondary N) is 1. The van der Waals surface area contributed by atoms with Gasteiger partial charge in [-0.15, -0.1) is 0 Å². The van der Waals surface area contributed by atoms with E-state index in [1.165, 1.54) is 11.1 Å². The van der Waals surface area contributed by atoms with Gasteiger partial charge in [0.1, 0.15) is 0 Å². The Morgan fingerprint density at radius 2 is 2.21 bits per heavy atom. The van der Waals surface area contributed by atoms with Gasteiger partial charge in [-0.1, -0.05) is 31.2 Å². The number of likely N-dealkylation sites (N-methyl/N-ethyl adjacent to an activating group) is 1. The molecule has 0 bridgehead atoms. The van der Waals surface area contributed by atoms with Crippen LogP contribution in [0, 0.1) is 0 Å².